The Balaban J connectivity index is 0. The third-order valence-corrected chi connectivity index (χ3v) is 1.82. The molecule has 0 aliphatic carbocycles. The molecule has 20 heavy (non-hydrogen) atoms. The number of hydrogen-bond donors (Lipinski definition) is 4. The first-order chi connectivity index (χ1) is 9.50. The maximum absolute atomic E-state index is 13.3. The molecule has 0 bridgehead atoms. The van der Waals surface area contributed by atoms with Gasteiger partial charge in [0.05, 0.1) is 11.2 Å². The Morgan fingerprint density at radius 3 is 2.40 bits per heavy atom. The van der Waals surface area contributed by atoms with E-state index < -0.39 is 5.82 Å². The van der Waals surface area contributed by atoms with E-state index in [1.807, 2.05) is 0 Å². The van der Waals surface area contributed by atoms with Crippen LogP contribution in [0, 0.1) is 5.82 Å². The summed E-state index contributed by atoms with van der Waals surface area (Å²) in [6.45, 7) is 5.24. The molecule has 1 aromatic carbocycles. The SMILES string of the molecule is C=Cc1ccc(NC(=O)CC)c(F)c1.CNN.NC=S. The second-order valence-electron chi connectivity index (χ2n) is 3.27. The van der Waals surface area contributed by atoms with Crippen LogP contribution in [0.2, 0.25) is 0 Å². The van der Waals surface area contributed by atoms with Crippen molar-refractivity contribution in [2.45, 2.75) is 13.3 Å². The zero-order valence-corrected chi connectivity index (χ0v) is 12.5. The number of carbonyl (C=O) groups excluding carboxylic acids is 1. The number of nitrogens with one attached hydrogen (secondary N) is 2. The zero-order chi connectivity index (χ0) is 16.0. The number of halogens is 1. The fraction of sp³-hybridized carbons (Fsp3) is 0.231. The number of nitrogens with two attached hydrogens (primary N) is 2. The molecule has 5 nitrogen and oxygen atoms in total. The second-order valence-corrected chi connectivity index (χ2v) is 3.54. The van der Waals surface area contributed by atoms with E-state index >= 15 is 0 Å². The molecule has 0 aliphatic rings. The Hall–Kier alpha value is -1.83. The van der Waals surface area contributed by atoms with Gasteiger partial charge in [-0.3, -0.25) is 16.1 Å². The van der Waals surface area contributed by atoms with Crippen molar-refractivity contribution >= 4 is 35.4 Å². The first-order valence-corrected chi connectivity index (χ1v) is 6.22. The van der Waals surface area contributed by atoms with Gasteiger partial charge in [0, 0.05) is 6.42 Å². The van der Waals surface area contributed by atoms with Crippen molar-refractivity contribution in [2.24, 2.45) is 11.6 Å². The van der Waals surface area contributed by atoms with Gasteiger partial charge in [-0.05, 0) is 24.7 Å². The van der Waals surface area contributed by atoms with E-state index in [9.17, 15) is 9.18 Å². The topological polar surface area (TPSA) is 93.2 Å². The second kappa shape index (κ2) is 13.6. The van der Waals surface area contributed by atoms with E-state index in [0.717, 1.165) is 5.49 Å². The van der Waals surface area contributed by atoms with Gasteiger partial charge in [-0.2, -0.15) is 0 Å². The van der Waals surface area contributed by atoms with Gasteiger partial charge in [-0.15, -0.1) is 0 Å². The first-order valence-electron chi connectivity index (χ1n) is 5.75. The van der Waals surface area contributed by atoms with Crippen LogP contribution in [0.4, 0.5) is 10.1 Å². The summed E-state index contributed by atoms with van der Waals surface area (Å²) < 4.78 is 13.3. The van der Waals surface area contributed by atoms with Crippen molar-refractivity contribution in [1.82, 2.24) is 5.43 Å². The number of carbonyl (C=O) groups is 1. The summed E-state index contributed by atoms with van der Waals surface area (Å²) in [5.74, 6) is 3.96. The largest absolute Gasteiger partial charge is 0.396 e. The minimum absolute atomic E-state index is 0.199. The number of anilines is 1. The summed E-state index contributed by atoms with van der Waals surface area (Å²) in [5.41, 5.74) is 8.77. The zero-order valence-electron chi connectivity index (χ0n) is 11.7. The summed E-state index contributed by atoms with van der Waals surface area (Å²) in [4.78, 5) is 11.0. The van der Waals surface area contributed by atoms with E-state index in [1.165, 1.54) is 12.1 Å². The lowest BCUT2D eigenvalue weighted by atomic mass is 10.2. The lowest BCUT2D eigenvalue weighted by Gasteiger charge is -2.05. The van der Waals surface area contributed by atoms with Crippen molar-refractivity contribution in [2.75, 3.05) is 12.4 Å². The third-order valence-electron chi connectivity index (χ3n) is 1.82. The number of benzene rings is 1. The highest BCUT2D eigenvalue weighted by molar-refractivity contribution is 7.78. The lowest BCUT2D eigenvalue weighted by Crippen LogP contribution is -2.13. The third kappa shape index (κ3) is 10.1. The molecule has 112 valence electrons. The molecule has 0 aromatic heterocycles. The summed E-state index contributed by atoms with van der Waals surface area (Å²) in [6.07, 6.45) is 1.89. The van der Waals surface area contributed by atoms with E-state index in [0.29, 0.717) is 12.0 Å². The maximum atomic E-state index is 13.3. The molecule has 6 N–H and O–H groups in total. The fourth-order valence-electron chi connectivity index (χ4n) is 0.998. The van der Waals surface area contributed by atoms with Crippen molar-refractivity contribution in [3.8, 4) is 0 Å². The van der Waals surface area contributed by atoms with Crippen LogP contribution in [0.3, 0.4) is 0 Å². The monoisotopic (exact) mass is 300 g/mol. The van der Waals surface area contributed by atoms with Gasteiger partial charge in [-0.1, -0.05) is 37.9 Å². The maximum Gasteiger partial charge on any atom is 0.224 e. The molecule has 0 fully saturated rings. The highest BCUT2D eigenvalue weighted by Crippen LogP contribution is 2.16. The predicted molar refractivity (Wildman–Crippen MR) is 86.5 cm³/mol. The quantitative estimate of drug-likeness (QED) is 0.388. The molecule has 0 atom stereocenters. The molecule has 1 amide bonds. The van der Waals surface area contributed by atoms with Gasteiger partial charge in [0.25, 0.3) is 0 Å². The lowest BCUT2D eigenvalue weighted by molar-refractivity contribution is -0.115. The Morgan fingerprint density at radius 2 is 2.05 bits per heavy atom. The van der Waals surface area contributed by atoms with Crippen LogP contribution in [0.15, 0.2) is 24.8 Å². The molecule has 7 heteroatoms. The molecule has 0 spiro atoms. The molecular weight excluding hydrogens is 279 g/mol. The molecule has 0 unspecified atom stereocenters. The molecule has 0 aliphatic heterocycles. The predicted octanol–water partition coefficient (Wildman–Crippen LogP) is 1.80. The summed E-state index contributed by atoms with van der Waals surface area (Å²) >= 11 is 4.05. The molecule has 0 saturated heterocycles. The molecule has 0 heterocycles. The standard InChI is InChI=1S/C11H12FNO.CH6N2.CH3NS/c1-3-8-5-6-10(9(12)7-8)13-11(14)4-2;1-3-2;2-1-3/h3,5-7H,1,4H2,2H3,(H,13,14);3H,2H2,1H3;1H,(H2,2,3). The van der Waals surface area contributed by atoms with Gasteiger partial charge in [-0.25, -0.2) is 4.39 Å². The van der Waals surface area contributed by atoms with Crippen molar-refractivity contribution < 1.29 is 9.18 Å². The van der Waals surface area contributed by atoms with Gasteiger partial charge < -0.3 is 11.1 Å². The smallest absolute Gasteiger partial charge is 0.224 e. The van der Waals surface area contributed by atoms with E-state index in [4.69, 9.17) is 0 Å². The van der Waals surface area contributed by atoms with Gasteiger partial charge in [0.2, 0.25) is 5.91 Å². The minimum Gasteiger partial charge on any atom is -0.396 e. The average Bonchev–Trinajstić information content (AvgIpc) is 2.42. The normalized spacial score (nSPS) is 8.20. The Labute approximate surface area is 124 Å². The fourth-order valence-corrected chi connectivity index (χ4v) is 0.998. The molecular formula is C13H21FN4OS. The summed E-state index contributed by atoms with van der Waals surface area (Å²) in [6, 6.07) is 4.56. The first kappa shape index (κ1) is 20.5. The average molecular weight is 300 g/mol. The number of rotatable bonds is 3. The van der Waals surface area contributed by atoms with Crippen LogP contribution >= 0.6 is 12.2 Å². The van der Waals surface area contributed by atoms with Crippen LogP contribution in [0.1, 0.15) is 18.9 Å². The van der Waals surface area contributed by atoms with Crippen LogP contribution in [-0.4, -0.2) is 18.4 Å². The molecule has 0 saturated carbocycles. The summed E-state index contributed by atoms with van der Waals surface area (Å²) in [5, 5.41) is 2.46. The minimum atomic E-state index is -0.441. The van der Waals surface area contributed by atoms with E-state index in [2.05, 4.69) is 41.1 Å². The Kier molecular flexibility index (Phi) is 13.9. The van der Waals surface area contributed by atoms with Crippen LogP contribution in [-0.2, 0) is 4.79 Å². The number of hydrazine groups is 1. The van der Waals surface area contributed by atoms with Gasteiger partial charge in [0.15, 0.2) is 0 Å². The van der Waals surface area contributed by atoms with Gasteiger partial charge >= 0.3 is 0 Å². The molecule has 1 rings (SSSR count). The highest BCUT2D eigenvalue weighted by Gasteiger charge is 2.04. The Morgan fingerprint density at radius 1 is 1.55 bits per heavy atom. The van der Waals surface area contributed by atoms with E-state index in [-0.39, 0.29) is 11.6 Å². The van der Waals surface area contributed by atoms with Gasteiger partial charge in [0.1, 0.15) is 5.82 Å². The van der Waals surface area contributed by atoms with Crippen molar-refractivity contribution in [3.05, 3.63) is 36.2 Å². The van der Waals surface area contributed by atoms with Crippen LogP contribution in [0.25, 0.3) is 6.08 Å². The van der Waals surface area contributed by atoms with Crippen LogP contribution < -0.4 is 22.3 Å². The number of hydrogen-bond acceptors (Lipinski definition) is 4. The van der Waals surface area contributed by atoms with E-state index in [1.54, 1.807) is 26.1 Å². The molecule has 0 radical (unpaired) electrons. The van der Waals surface area contributed by atoms with Crippen molar-refractivity contribution in [1.29, 1.82) is 0 Å². The Bertz CT molecular complexity index is 427. The van der Waals surface area contributed by atoms with Crippen molar-refractivity contribution in [3.63, 3.8) is 0 Å². The van der Waals surface area contributed by atoms with Crippen LogP contribution in [0.5, 0.6) is 0 Å². The summed E-state index contributed by atoms with van der Waals surface area (Å²) in [7, 11) is 1.65. The highest BCUT2D eigenvalue weighted by atomic mass is 32.1. The number of amides is 1. The molecule has 1 aromatic rings. The number of thiocarbonyl (C=S) groups is 1.